The monoisotopic (exact) mass is 482 g/mol. The Bertz CT molecular complexity index is 1510. The summed E-state index contributed by atoms with van der Waals surface area (Å²) in [4.78, 5) is 13.8. The molecule has 2 saturated carbocycles. The van der Waals surface area contributed by atoms with Crippen molar-refractivity contribution in [2.75, 3.05) is 0 Å². The molecule has 36 heavy (non-hydrogen) atoms. The van der Waals surface area contributed by atoms with E-state index >= 15 is 0 Å². The molecule has 2 aliphatic rings. The van der Waals surface area contributed by atoms with Gasteiger partial charge in [-0.25, -0.2) is 0 Å². The van der Waals surface area contributed by atoms with Crippen molar-refractivity contribution in [2.24, 2.45) is 13.0 Å². The predicted octanol–water partition coefficient (Wildman–Crippen LogP) is 5.65. The molecule has 0 radical (unpaired) electrons. The van der Waals surface area contributed by atoms with Crippen LogP contribution in [0.15, 0.2) is 58.2 Å². The van der Waals surface area contributed by atoms with Crippen LogP contribution in [-0.2, 0) is 19.0 Å². The lowest BCUT2D eigenvalue weighted by Crippen LogP contribution is -2.47. The molecule has 0 aliphatic heterocycles. The quantitative estimate of drug-likeness (QED) is 0.385. The van der Waals surface area contributed by atoms with Crippen molar-refractivity contribution >= 4 is 11.0 Å². The molecular formula is C30H34N4O2. The highest BCUT2D eigenvalue weighted by atomic mass is 16.3. The van der Waals surface area contributed by atoms with Crippen molar-refractivity contribution in [1.82, 2.24) is 20.1 Å². The molecule has 2 heterocycles. The van der Waals surface area contributed by atoms with Crippen LogP contribution in [0.2, 0.25) is 0 Å². The second-order valence-electron chi connectivity index (χ2n) is 11.5. The highest BCUT2D eigenvalue weighted by molar-refractivity contribution is 5.84. The van der Waals surface area contributed by atoms with Crippen molar-refractivity contribution in [3.63, 3.8) is 0 Å². The molecule has 2 aliphatic carbocycles. The average molecular weight is 483 g/mol. The number of nitrogens with zero attached hydrogens (tertiary/aromatic N) is 3. The first kappa shape index (κ1) is 23.2. The summed E-state index contributed by atoms with van der Waals surface area (Å²) in [6.07, 6.45) is 9.12. The summed E-state index contributed by atoms with van der Waals surface area (Å²) in [5.41, 5.74) is 5.49. The van der Waals surface area contributed by atoms with E-state index in [9.17, 15) is 4.79 Å². The molecule has 0 unspecified atom stereocenters. The van der Waals surface area contributed by atoms with Gasteiger partial charge in [0.2, 0.25) is 5.43 Å². The van der Waals surface area contributed by atoms with E-state index in [0.717, 1.165) is 41.9 Å². The standard InChI is InChI=1S/C30H34N4O2/c1-19-14-30(15-19,28-33-32-18-34(28)4)23-8-5-7-22(13-23)25-17-36-27-20(2)11-21(12-24(27)26(25)35)16-31-29(3)9-6-10-29/h5,7-8,11-13,17-19,31H,6,9-10,14-16H2,1-4H3. The van der Waals surface area contributed by atoms with Gasteiger partial charge in [0.05, 0.1) is 16.4 Å². The van der Waals surface area contributed by atoms with Gasteiger partial charge in [-0.3, -0.25) is 4.79 Å². The molecule has 0 atom stereocenters. The number of benzene rings is 2. The lowest BCUT2D eigenvalue weighted by atomic mass is 9.58. The number of rotatable bonds is 6. The zero-order chi connectivity index (χ0) is 25.1. The third kappa shape index (κ3) is 3.70. The maximum Gasteiger partial charge on any atom is 0.200 e. The fourth-order valence-electron chi connectivity index (χ4n) is 6.37. The van der Waals surface area contributed by atoms with Gasteiger partial charge in [0.25, 0.3) is 0 Å². The van der Waals surface area contributed by atoms with E-state index in [-0.39, 0.29) is 16.4 Å². The summed E-state index contributed by atoms with van der Waals surface area (Å²) < 4.78 is 8.09. The van der Waals surface area contributed by atoms with Crippen molar-refractivity contribution in [1.29, 1.82) is 0 Å². The normalized spacial score (nSPS) is 22.8. The van der Waals surface area contributed by atoms with Crippen molar-refractivity contribution in [3.8, 4) is 11.1 Å². The van der Waals surface area contributed by atoms with Gasteiger partial charge in [0.15, 0.2) is 0 Å². The number of hydrogen-bond donors (Lipinski definition) is 1. The SMILES string of the molecule is Cc1cc(CNC2(C)CCC2)cc2c(=O)c(-c3cccc(C4(c5nncn5C)CC(C)C4)c3)coc12. The lowest BCUT2D eigenvalue weighted by Gasteiger charge is -2.46. The van der Waals surface area contributed by atoms with E-state index in [4.69, 9.17) is 4.42 Å². The van der Waals surface area contributed by atoms with Crippen molar-refractivity contribution < 1.29 is 4.42 Å². The van der Waals surface area contributed by atoms with Gasteiger partial charge in [-0.15, -0.1) is 10.2 Å². The maximum absolute atomic E-state index is 13.8. The number of aryl methyl sites for hydroxylation is 2. The fraction of sp³-hybridized carbons (Fsp3) is 0.433. The number of hydrogen-bond acceptors (Lipinski definition) is 5. The number of fused-ring (bicyclic) bond motifs is 1. The molecule has 0 saturated heterocycles. The van der Waals surface area contributed by atoms with Crippen LogP contribution in [0.25, 0.3) is 22.1 Å². The Morgan fingerprint density at radius 3 is 2.67 bits per heavy atom. The Balaban J connectivity index is 1.40. The van der Waals surface area contributed by atoms with Crippen LogP contribution in [0, 0.1) is 12.8 Å². The first-order chi connectivity index (χ1) is 17.3. The summed E-state index contributed by atoms with van der Waals surface area (Å²) in [5.74, 6) is 1.60. The Labute approximate surface area is 211 Å². The van der Waals surface area contributed by atoms with Crippen molar-refractivity contribution in [3.05, 3.63) is 81.7 Å². The van der Waals surface area contributed by atoms with Gasteiger partial charge in [-0.1, -0.05) is 31.2 Å². The molecule has 2 aromatic carbocycles. The second-order valence-corrected chi connectivity index (χ2v) is 11.5. The van der Waals surface area contributed by atoms with Crippen LogP contribution in [-0.4, -0.2) is 20.3 Å². The third-order valence-electron chi connectivity index (χ3n) is 8.55. The summed E-state index contributed by atoms with van der Waals surface area (Å²) in [5, 5.41) is 12.9. The summed E-state index contributed by atoms with van der Waals surface area (Å²) >= 11 is 0. The molecule has 1 N–H and O–H groups in total. The van der Waals surface area contributed by atoms with Gasteiger partial charge in [0.1, 0.15) is 24.0 Å². The van der Waals surface area contributed by atoms with Crippen LogP contribution >= 0.6 is 0 Å². The van der Waals surface area contributed by atoms with Crippen LogP contribution in [0.1, 0.15) is 68.5 Å². The number of aromatic nitrogens is 3. The molecule has 0 bridgehead atoms. The Kier molecular flexibility index (Phi) is 5.41. The average Bonchev–Trinajstić information content (AvgIpc) is 3.26. The molecule has 6 rings (SSSR count). The van der Waals surface area contributed by atoms with Crippen LogP contribution in [0.3, 0.4) is 0 Å². The van der Waals surface area contributed by atoms with E-state index in [1.165, 1.54) is 24.8 Å². The Morgan fingerprint density at radius 1 is 1.19 bits per heavy atom. The van der Waals surface area contributed by atoms with E-state index < -0.39 is 0 Å². The topological polar surface area (TPSA) is 73.0 Å². The summed E-state index contributed by atoms with van der Waals surface area (Å²) in [7, 11) is 2.00. The zero-order valence-corrected chi connectivity index (χ0v) is 21.6. The lowest BCUT2D eigenvalue weighted by molar-refractivity contribution is 0.185. The van der Waals surface area contributed by atoms with E-state index in [1.54, 1.807) is 12.6 Å². The minimum atomic E-state index is -0.176. The van der Waals surface area contributed by atoms with Gasteiger partial charge < -0.3 is 14.3 Å². The van der Waals surface area contributed by atoms with E-state index in [1.807, 2.05) is 36.7 Å². The van der Waals surface area contributed by atoms with Gasteiger partial charge in [0, 0.05) is 19.1 Å². The van der Waals surface area contributed by atoms with E-state index in [2.05, 4.69) is 47.6 Å². The third-order valence-corrected chi connectivity index (χ3v) is 8.55. The largest absolute Gasteiger partial charge is 0.463 e. The maximum atomic E-state index is 13.8. The smallest absolute Gasteiger partial charge is 0.200 e. The van der Waals surface area contributed by atoms with Gasteiger partial charge >= 0.3 is 0 Å². The molecule has 2 aromatic heterocycles. The second kappa shape index (κ2) is 8.41. The molecular weight excluding hydrogens is 448 g/mol. The molecule has 0 spiro atoms. The molecule has 2 fully saturated rings. The van der Waals surface area contributed by atoms with Crippen LogP contribution in [0.4, 0.5) is 0 Å². The van der Waals surface area contributed by atoms with Crippen LogP contribution in [0.5, 0.6) is 0 Å². The summed E-state index contributed by atoms with van der Waals surface area (Å²) in [6.45, 7) is 7.32. The fourth-order valence-corrected chi connectivity index (χ4v) is 6.37. The van der Waals surface area contributed by atoms with Gasteiger partial charge in [-0.05, 0) is 86.3 Å². The molecule has 6 nitrogen and oxygen atoms in total. The van der Waals surface area contributed by atoms with Crippen molar-refractivity contribution in [2.45, 2.75) is 70.4 Å². The highest BCUT2D eigenvalue weighted by Crippen LogP contribution is 2.51. The Hall–Kier alpha value is -3.25. The van der Waals surface area contributed by atoms with Gasteiger partial charge in [-0.2, -0.15) is 0 Å². The number of nitrogens with one attached hydrogen (secondary N) is 1. The predicted molar refractivity (Wildman–Crippen MR) is 142 cm³/mol. The molecule has 6 heteroatoms. The van der Waals surface area contributed by atoms with Crippen LogP contribution < -0.4 is 10.7 Å². The minimum absolute atomic E-state index is 0.0166. The van der Waals surface area contributed by atoms with E-state index in [0.29, 0.717) is 22.5 Å². The zero-order valence-electron chi connectivity index (χ0n) is 21.6. The Morgan fingerprint density at radius 2 is 2.00 bits per heavy atom. The molecule has 4 aromatic rings. The first-order valence-electron chi connectivity index (χ1n) is 13.0. The summed E-state index contributed by atoms with van der Waals surface area (Å²) in [6, 6.07) is 12.5. The first-order valence-corrected chi connectivity index (χ1v) is 13.0. The minimum Gasteiger partial charge on any atom is -0.463 e. The molecule has 186 valence electrons. The molecule has 0 amide bonds. The highest BCUT2D eigenvalue weighted by Gasteiger charge is 2.48.